The van der Waals surface area contributed by atoms with Crippen molar-refractivity contribution >= 4 is 16.1 Å². The quantitative estimate of drug-likeness (QED) is 0.448. The van der Waals surface area contributed by atoms with E-state index in [0.717, 1.165) is 17.3 Å². The Morgan fingerprint density at radius 3 is 2.84 bits per heavy atom. The summed E-state index contributed by atoms with van der Waals surface area (Å²) < 4.78 is 32.7. The second-order valence-corrected chi connectivity index (χ2v) is 6.11. The van der Waals surface area contributed by atoms with Crippen LogP contribution in [0.4, 0.5) is 0 Å². The maximum Gasteiger partial charge on any atom is 0.280 e. The predicted molar refractivity (Wildman–Crippen MR) is 70.6 cm³/mol. The highest BCUT2D eigenvalue weighted by Crippen LogP contribution is 2.13. The number of amides is 1. The van der Waals surface area contributed by atoms with E-state index in [4.69, 9.17) is 10.5 Å². The number of carbonyl (C=O) groups is 1. The molecule has 1 heterocycles. The summed E-state index contributed by atoms with van der Waals surface area (Å²) in [6.45, 7) is 1.51. The Morgan fingerprint density at radius 1 is 1.58 bits per heavy atom. The highest BCUT2D eigenvalue weighted by atomic mass is 32.2. The Balaban J connectivity index is 2.73. The fraction of sp³-hybridized carbons (Fsp3) is 0.900. The van der Waals surface area contributed by atoms with Gasteiger partial charge in [0.05, 0.1) is 13.2 Å². The van der Waals surface area contributed by atoms with Crippen molar-refractivity contribution in [2.24, 2.45) is 5.73 Å². The molecule has 1 rings (SSSR count). The summed E-state index contributed by atoms with van der Waals surface area (Å²) in [6, 6.07) is -0.249. The highest BCUT2D eigenvalue weighted by molar-refractivity contribution is 7.87. The van der Waals surface area contributed by atoms with Crippen LogP contribution in [0, 0.1) is 0 Å². The molecule has 19 heavy (non-hydrogen) atoms. The number of nitrogens with zero attached hydrogens (tertiary/aromatic N) is 1. The monoisotopic (exact) mass is 294 g/mol. The zero-order valence-electron chi connectivity index (χ0n) is 11.1. The molecular weight excluding hydrogens is 272 g/mol. The van der Waals surface area contributed by atoms with Crippen molar-refractivity contribution in [1.82, 2.24) is 14.3 Å². The van der Waals surface area contributed by atoms with Gasteiger partial charge in [-0.1, -0.05) is 0 Å². The third kappa shape index (κ3) is 5.41. The highest BCUT2D eigenvalue weighted by Gasteiger charge is 2.31. The molecular formula is C10H22N4O4S. The molecule has 0 aliphatic carbocycles. The maximum absolute atomic E-state index is 12.2. The van der Waals surface area contributed by atoms with Crippen LogP contribution >= 0.6 is 0 Å². The topological polar surface area (TPSA) is 114 Å². The van der Waals surface area contributed by atoms with Gasteiger partial charge in [0.1, 0.15) is 0 Å². The van der Waals surface area contributed by atoms with Crippen molar-refractivity contribution in [1.29, 1.82) is 0 Å². The van der Waals surface area contributed by atoms with Gasteiger partial charge in [-0.15, -0.1) is 0 Å². The minimum atomic E-state index is -3.73. The van der Waals surface area contributed by atoms with Gasteiger partial charge in [-0.3, -0.25) is 4.79 Å². The minimum Gasteiger partial charge on any atom is -0.383 e. The summed E-state index contributed by atoms with van der Waals surface area (Å²) in [5.74, 6) is -0.664. The minimum absolute atomic E-state index is 0.161. The van der Waals surface area contributed by atoms with Crippen molar-refractivity contribution < 1.29 is 17.9 Å². The Labute approximate surface area is 113 Å². The molecule has 4 N–H and O–H groups in total. The second kappa shape index (κ2) is 7.75. The lowest BCUT2D eigenvalue weighted by molar-refractivity contribution is -0.118. The molecule has 8 nitrogen and oxygen atoms in total. The Morgan fingerprint density at radius 2 is 2.32 bits per heavy atom. The summed E-state index contributed by atoms with van der Waals surface area (Å²) >= 11 is 0. The molecule has 0 saturated carbocycles. The lowest BCUT2D eigenvalue weighted by atomic mass is 10.1. The summed E-state index contributed by atoms with van der Waals surface area (Å²) in [6.07, 6.45) is 1.58. The van der Waals surface area contributed by atoms with Crippen molar-refractivity contribution in [2.75, 3.05) is 39.9 Å². The average molecular weight is 294 g/mol. The lowest BCUT2D eigenvalue weighted by Crippen LogP contribution is -2.54. The molecule has 1 aliphatic rings. The lowest BCUT2D eigenvalue weighted by Gasteiger charge is -2.32. The van der Waals surface area contributed by atoms with E-state index in [1.54, 1.807) is 0 Å². The molecule has 0 spiro atoms. The van der Waals surface area contributed by atoms with Crippen LogP contribution in [-0.2, 0) is 19.7 Å². The number of nitrogens with one attached hydrogen (secondary N) is 2. The number of methoxy groups -OCH3 is 1. The molecule has 1 fully saturated rings. The number of carbonyl (C=O) groups excluding carboxylic acids is 1. The molecule has 0 aromatic heterocycles. The first-order chi connectivity index (χ1) is 8.97. The molecule has 1 saturated heterocycles. The van der Waals surface area contributed by atoms with Crippen LogP contribution in [0.1, 0.15) is 12.8 Å². The van der Waals surface area contributed by atoms with Crippen LogP contribution in [0.3, 0.4) is 0 Å². The number of hydrogen-bond acceptors (Lipinski definition) is 5. The standard InChI is InChI=1S/C10H22N4O4S/c1-18-6-5-13-19(16,17)14(8-10(11)15)9-3-2-4-12-7-9/h9,12-13H,2-8H2,1H3,(H2,11,15). The fourth-order valence-electron chi connectivity index (χ4n) is 2.00. The summed E-state index contributed by atoms with van der Waals surface area (Å²) in [7, 11) is -2.24. The van der Waals surface area contributed by atoms with E-state index in [1.807, 2.05) is 0 Å². The molecule has 1 amide bonds. The van der Waals surface area contributed by atoms with Crippen molar-refractivity contribution in [2.45, 2.75) is 18.9 Å². The normalized spacial score (nSPS) is 20.6. The molecule has 9 heteroatoms. The van der Waals surface area contributed by atoms with Gasteiger partial charge in [0.15, 0.2) is 0 Å². The van der Waals surface area contributed by atoms with Crippen molar-refractivity contribution in [3.63, 3.8) is 0 Å². The number of ether oxygens (including phenoxy) is 1. The van der Waals surface area contributed by atoms with E-state index in [1.165, 1.54) is 7.11 Å². The average Bonchev–Trinajstić information content (AvgIpc) is 2.37. The molecule has 1 unspecified atom stereocenters. The molecule has 1 aliphatic heterocycles. The third-order valence-corrected chi connectivity index (χ3v) is 4.50. The van der Waals surface area contributed by atoms with Crippen LogP contribution in [0.25, 0.3) is 0 Å². The van der Waals surface area contributed by atoms with E-state index < -0.39 is 16.1 Å². The number of piperidine rings is 1. The Kier molecular flexibility index (Phi) is 6.66. The van der Waals surface area contributed by atoms with Gasteiger partial charge in [-0.25, -0.2) is 0 Å². The smallest absolute Gasteiger partial charge is 0.280 e. The first-order valence-corrected chi connectivity index (χ1v) is 7.65. The van der Waals surface area contributed by atoms with Crippen molar-refractivity contribution in [3.05, 3.63) is 0 Å². The van der Waals surface area contributed by atoms with Gasteiger partial charge in [-0.2, -0.15) is 17.4 Å². The van der Waals surface area contributed by atoms with Gasteiger partial charge < -0.3 is 15.8 Å². The first-order valence-electron chi connectivity index (χ1n) is 6.21. The van der Waals surface area contributed by atoms with Crippen LogP contribution in [-0.4, -0.2) is 64.6 Å². The van der Waals surface area contributed by atoms with Gasteiger partial charge in [0.25, 0.3) is 10.2 Å². The van der Waals surface area contributed by atoms with Gasteiger partial charge in [-0.05, 0) is 19.4 Å². The van der Waals surface area contributed by atoms with Crippen LogP contribution in [0.5, 0.6) is 0 Å². The van der Waals surface area contributed by atoms with Crippen LogP contribution in [0.15, 0.2) is 0 Å². The molecule has 0 aromatic carbocycles. The summed E-state index contributed by atoms with van der Waals surface area (Å²) in [4.78, 5) is 11.1. The number of rotatable bonds is 8. The van der Waals surface area contributed by atoms with E-state index in [-0.39, 0.29) is 25.7 Å². The molecule has 0 bridgehead atoms. The van der Waals surface area contributed by atoms with E-state index in [0.29, 0.717) is 13.0 Å². The van der Waals surface area contributed by atoms with Crippen LogP contribution < -0.4 is 15.8 Å². The Bertz CT molecular complexity index is 381. The molecule has 112 valence electrons. The zero-order chi connectivity index (χ0) is 14.3. The summed E-state index contributed by atoms with van der Waals surface area (Å²) in [5.41, 5.74) is 5.13. The van der Waals surface area contributed by atoms with Gasteiger partial charge in [0.2, 0.25) is 5.91 Å². The van der Waals surface area contributed by atoms with Crippen molar-refractivity contribution in [3.8, 4) is 0 Å². The third-order valence-electron chi connectivity index (χ3n) is 2.89. The molecule has 0 radical (unpaired) electrons. The SMILES string of the molecule is COCCNS(=O)(=O)N(CC(N)=O)C1CCCNC1. The maximum atomic E-state index is 12.2. The number of primary amides is 1. The second-order valence-electron chi connectivity index (χ2n) is 4.40. The molecule has 0 aromatic rings. The number of nitrogens with two attached hydrogens (primary N) is 1. The molecule has 1 atom stereocenters. The first kappa shape index (κ1) is 16.3. The Hall–Kier alpha value is -0.740. The largest absolute Gasteiger partial charge is 0.383 e. The van der Waals surface area contributed by atoms with E-state index >= 15 is 0 Å². The van der Waals surface area contributed by atoms with E-state index in [2.05, 4.69) is 10.0 Å². The van der Waals surface area contributed by atoms with Gasteiger partial charge >= 0.3 is 0 Å². The van der Waals surface area contributed by atoms with Crippen LogP contribution in [0.2, 0.25) is 0 Å². The van der Waals surface area contributed by atoms with Gasteiger partial charge in [0, 0.05) is 26.2 Å². The zero-order valence-corrected chi connectivity index (χ0v) is 11.9. The summed E-state index contributed by atoms with van der Waals surface area (Å²) in [5, 5.41) is 3.12. The van der Waals surface area contributed by atoms with E-state index in [9.17, 15) is 13.2 Å². The predicted octanol–water partition coefficient (Wildman–Crippen LogP) is -1.99. The fourth-order valence-corrected chi connectivity index (χ4v) is 3.38. The number of hydrogen-bond donors (Lipinski definition) is 3.